The molecule has 11 heteroatoms. The van der Waals surface area contributed by atoms with Crippen molar-refractivity contribution in [1.29, 1.82) is 0 Å². The summed E-state index contributed by atoms with van der Waals surface area (Å²) in [6.07, 6.45) is -3.47. The molecule has 0 aliphatic heterocycles. The summed E-state index contributed by atoms with van der Waals surface area (Å²) in [6, 6.07) is 9.71. The quantitative estimate of drug-likeness (QED) is 0.508. The van der Waals surface area contributed by atoms with Gasteiger partial charge in [-0.3, -0.25) is 9.59 Å². The number of amides is 1. The minimum atomic E-state index is -4.77. The molecule has 8 nitrogen and oxygen atoms in total. The van der Waals surface area contributed by atoms with Gasteiger partial charge in [-0.15, -0.1) is 5.10 Å². The first-order valence-corrected chi connectivity index (χ1v) is 8.53. The fraction of sp³-hybridized carbons (Fsp3) is 0.105. The SMILES string of the molecule is CC(=O)c1ccc(NC(=O)c2nc3nc(-c4ccco4)cc(C(F)(F)F)n3n2)cc1. The van der Waals surface area contributed by atoms with Gasteiger partial charge in [0.2, 0.25) is 5.82 Å². The average Bonchev–Trinajstić information content (AvgIpc) is 3.36. The van der Waals surface area contributed by atoms with Crippen molar-refractivity contribution in [3.05, 3.63) is 65.8 Å². The monoisotopic (exact) mass is 415 g/mol. The third-order valence-corrected chi connectivity index (χ3v) is 4.13. The Labute approximate surface area is 166 Å². The Bertz CT molecular complexity index is 1250. The Morgan fingerprint density at radius 1 is 1.10 bits per heavy atom. The summed E-state index contributed by atoms with van der Waals surface area (Å²) in [5.41, 5.74) is -0.484. The van der Waals surface area contributed by atoms with Crippen LogP contribution in [-0.2, 0) is 6.18 Å². The van der Waals surface area contributed by atoms with Gasteiger partial charge >= 0.3 is 6.18 Å². The molecule has 1 aromatic carbocycles. The normalized spacial score (nSPS) is 11.6. The Morgan fingerprint density at radius 3 is 2.43 bits per heavy atom. The predicted octanol–water partition coefficient (Wildman–Crippen LogP) is 3.86. The molecule has 0 unspecified atom stereocenters. The third kappa shape index (κ3) is 3.64. The number of nitrogens with zero attached hydrogens (tertiary/aromatic N) is 4. The number of hydrogen-bond donors (Lipinski definition) is 1. The van der Waals surface area contributed by atoms with Crippen LogP contribution in [0.3, 0.4) is 0 Å². The molecule has 0 aliphatic carbocycles. The zero-order chi connectivity index (χ0) is 21.5. The second-order valence-corrected chi connectivity index (χ2v) is 6.24. The van der Waals surface area contributed by atoms with Crippen LogP contribution in [0.1, 0.15) is 33.6 Å². The molecule has 3 heterocycles. The van der Waals surface area contributed by atoms with E-state index in [0.717, 1.165) is 6.07 Å². The number of carbonyl (C=O) groups is 2. The van der Waals surface area contributed by atoms with Crippen LogP contribution in [0.5, 0.6) is 0 Å². The molecule has 4 rings (SSSR count). The summed E-state index contributed by atoms with van der Waals surface area (Å²) >= 11 is 0. The maximum Gasteiger partial charge on any atom is 0.433 e. The molecule has 0 saturated heterocycles. The summed E-state index contributed by atoms with van der Waals surface area (Å²) in [6.45, 7) is 1.40. The lowest BCUT2D eigenvalue weighted by Crippen LogP contribution is -2.16. The fourth-order valence-corrected chi connectivity index (χ4v) is 2.69. The fourth-order valence-electron chi connectivity index (χ4n) is 2.69. The number of furan rings is 1. The summed E-state index contributed by atoms with van der Waals surface area (Å²) in [5.74, 6) is -1.77. The number of Topliss-reactive ketones (excluding diaryl/α,β-unsaturated/α-hetero) is 1. The van der Waals surface area contributed by atoms with E-state index in [2.05, 4.69) is 20.4 Å². The number of alkyl halides is 3. The van der Waals surface area contributed by atoms with Crippen molar-refractivity contribution < 1.29 is 27.2 Å². The Kier molecular flexibility index (Phi) is 4.57. The zero-order valence-electron chi connectivity index (χ0n) is 15.3. The second kappa shape index (κ2) is 7.10. The van der Waals surface area contributed by atoms with Gasteiger partial charge in [0.25, 0.3) is 11.7 Å². The minimum absolute atomic E-state index is 0.0981. The number of halogens is 3. The topological polar surface area (TPSA) is 102 Å². The van der Waals surface area contributed by atoms with E-state index >= 15 is 0 Å². The molecule has 0 aliphatic rings. The molecule has 0 radical (unpaired) electrons. The van der Waals surface area contributed by atoms with Crippen LogP contribution in [-0.4, -0.2) is 31.3 Å². The number of aromatic nitrogens is 4. The highest BCUT2D eigenvalue weighted by molar-refractivity contribution is 6.02. The van der Waals surface area contributed by atoms with Crippen LogP contribution < -0.4 is 5.32 Å². The number of rotatable bonds is 4. The Balaban J connectivity index is 1.71. The van der Waals surface area contributed by atoms with Crippen LogP contribution >= 0.6 is 0 Å². The molecule has 0 atom stereocenters. The van der Waals surface area contributed by atoms with Crippen molar-refractivity contribution in [3.8, 4) is 11.5 Å². The van der Waals surface area contributed by atoms with E-state index in [1.54, 1.807) is 0 Å². The molecule has 1 N–H and O–H groups in total. The van der Waals surface area contributed by atoms with E-state index in [4.69, 9.17) is 4.42 Å². The van der Waals surface area contributed by atoms with E-state index in [0.29, 0.717) is 15.8 Å². The summed E-state index contributed by atoms with van der Waals surface area (Å²) < 4.78 is 46.1. The highest BCUT2D eigenvalue weighted by atomic mass is 19.4. The van der Waals surface area contributed by atoms with Crippen molar-refractivity contribution >= 4 is 23.2 Å². The van der Waals surface area contributed by atoms with Crippen LogP contribution in [0.4, 0.5) is 18.9 Å². The van der Waals surface area contributed by atoms with Crippen molar-refractivity contribution in [2.45, 2.75) is 13.1 Å². The van der Waals surface area contributed by atoms with E-state index in [1.807, 2.05) is 0 Å². The number of carbonyl (C=O) groups excluding carboxylic acids is 2. The lowest BCUT2D eigenvalue weighted by molar-refractivity contribution is -0.142. The van der Waals surface area contributed by atoms with Gasteiger partial charge in [-0.1, -0.05) is 0 Å². The minimum Gasteiger partial charge on any atom is -0.463 e. The van der Waals surface area contributed by atoms with Gasteiger partial charge in [0.1, 0.15) is 5.69 Å². The van der Waals surface area contributed by atoms with Gasteiger partial charge < -0.3 is 9.73 Å². The zero-order valence-corrected chi connectivity index (χ0v) is 15.3. The predicted molar refractivity (Wildman–Crippen MR) is 97.9 cm³/mol. The summed E-state index contributed by atoms with van der Waals surface area (Å²) in [4.78, 5) is 31.6. The molecule has 0 spiro atoms. The highest BCUT2D eigenvalue weighted by Crippen LogP contribution is 2.32. The van der Waals surface area contributed by atoms with Crippen molar-refractivity contribution in [1.82, 2.24) is 19.6 Å². The molecule has 0 fully saturated rings. The highest BCUT2D eigenvalue weighted by Gasteiger charge is 2.36. The van der Waals surface area contributed by atoms with Crippen LogP contribution in [0, 0.1) is 0 Å². The second-order valence-electron chi connectivity index (χ2n) is 6.24. The van der Waals surface area contributed by atoms with Crippen molar-refractivity contribution in [3.63, 3.8) is 0 Å². The standard InChI is InChI=1S/C19H12F3N5O3/c1-10(28)11-4-6-12(7-5-11)23-17(29)16-25-18-24-13(14-3-2-8-30-14)9-15(19(20,21)22)27(18)26-16/h2-9H,1H3,(H,23,29). The first-order valence-electron chi connectivity index (χ1n) is 8.53. The smallest absolute Gasteiger partial charge is 0.433 e. The van der Waals surface area contributed by atoms with E-state index in [1.165, 1.54) is 49.6 Å². The number of anilines is 1. The van der Waals surface area contributed by atoms with Gasteiger partial charge in [-0.25, -0.2) is 4.98 Å². The third-order valence-electron chi connectivity index (χ3n) is 4.13. The van der Waals surface area contributed by atoms with Gasteiger partial charge in [0.15, 0.2) is 17.2 Å². The van der Waals surface area contributed by atoms with Gasteiger partial charge in [0, 0.05) is 11.3 Å². The maximum atomic E-state index is 13.5. The first-order chi connectivity index (χ1) is 14.2. The van der Waals surface area contributed by atoms with Crippen LogP contribution in [0.15, 0.2) is 53.1 Å². The number of nitrogens with one attached hydrogen (secondary N) is 1. The summed E-state index contributed by atoms with van der Waals surface area (Å²) in [7, 11) is 0. The molecule has 4 aromatic rings. The number of hydrogen-bond acceptors (Lipinski definition) is 6. The molecule has 152 valence electrons. The lowest BCUT2D eigenvalue weighted by atomic mass is 10.1. The Morgan fingerprint density at radius 2 is 1.83 bits per heavy atom. The average molecular weight is 415 g/mol. The number of ketones is 1. The molecule has 1 amide bonds. The molecular formula is C19H12F3N5O3. The van der Waals surface area contributed by atoms with E-state index in [-0.39, 0.29) is 17.2 Å². The van der Waals surface area contributed by atoms with Crippen LogP contribution in [0.25, 0.3) is 17.2 Å². The Hall–Kier alpha value is -4.02. The van der Waals surface area contributed by atoms with E-state index in [9.17, 15) is 22.8 Å². The molecule has 0 bridgehead atoms. The molecule has 3 aromatic heterocycles. The number of fused-ring (bicyclic) bond motifs is 1. The molecule has 0 saturated carbocycles. The van der Waals surface area contributed by atoms with Gasteiger partial charge in [0.05, 0.1) is 6.26 Å². The van der Waals surface area contributed by atoms with Gasteiger partial charge in [-0.2, -0.15) is 22.7 Å². The first kappa shape index (κ1) is 19.3. The summed E-state index contributed by atoms with van der Waals surface area (Å²) in [5, 5.41) is 6.14. The van der Waals surface area contributed by atoms with Crippen molar-refractivity contribution in [2.75, 3.05) is 5.32 Å². The largest absolute Gasteiger partial charge is 0.463 e. The van der Waals surface area contributed by atoms with Crippen molar-refractivity contribution in [2.24, 2.45) is 0 Å². The lowest BCUT2D eigenvalue weighted by Gasteiger charge is -2.09. The number of benzene rings is 1. The van der Waals surface area contributed by atoms with Crippen LogP contribution in [0.2, 0.25) is 0 Å². The van der Waals surface area contributed by atoms with Gasteiger partial charge in [-0.05, 0) is 49.4 Å². The van der Waals surface area contributed by atoms with E-state index < -0.39 is 29.4 Å². The molecular weight excluding hydrogens is 403 g/mol. The molecule has 30 heavy (non-hydrogen) atoms. The maximum absolute atomic E-state index is 13.5.